The summed E-state index contributed by atoms with van der Waals surface area (Å²) < 4.78 is 6.46. The molecule has 0 aliphatic rings. The first kappa shape index (κ1) is 12.9. The average Bonchev–Trinajstić information content (AvgIpc) is 2.73. The van der Waals surface area contributed by atoms with Gasteiger partial charge in [-0.25, -0.2) is 0 Å². The van der Waals surface area contributed by atoms with E-state index in [1.165, 1.54) is 10.7 Å². The van der Waals surface area contributed by atoms with Crippen molar-refractivity contribution in [1.29, 1.82) is 0 Å². The zero-order valence-corrected chi connectivity index (χ0v) is 10.6. The lowest BCUT2D eigenvalue weighted by Gasteiger charge is -2.02. The number of hydrogen-bond acceptors (Lipinski definition) is 6. The van der Waals surface area contributed by atoms with Crippen LogP contribution in [-0.2, 0) is 29.6 Å². The summed E-state index contributed by atoms with van der Waals surface area (Å²) in [6.07, 6.45) is 1.63. The van der Waals surface area contributed by atoms with Crippen molar-refractivity contribution in [1.82, 2.24) is 25.2 Å². The zero-order chi connectivity index (χ0) is 13.8. The summed E-state index contributed by atoms with van der Waals surface area (Å²) in [4.78, 5) is 23.0. The molecule has 8 heteroatoms. The Hall–Kier alpha value is -2.51. The third-order valence-electron chi connectivity index (χ3n) is 2.34. The molecule has 0 atom stereocenters. The predicted molar refractivity (Wildman–Crippen MR) is 64.1 cm³/mol. The van der Waals surface area contributed by atoms with Crippen LogP contribution in [0.25, 0.3) is 0 Å². The minimum absolute atomic E-state index is 0.0115. The van der Waals surface area contributed by atoms with Gasteiger partial charge in [0.2, 0.25) is 5.43 Å². The second kappa shape index (κ2) is 5.42. The molecule has 0 saturated carbocycles. The molecule has 1 N–H and O–H groups in total. The topological polar surface area (TPSA) is 103 Å². The van der Waals surface area contributed by atoms with E-state index in [9.17, 15) is 9.59 Å². The number of H-pyrrole nitrogens is 1. The number of aromatic amines is 1. The maximum absolute atomic E-state index is 11.5. The van der Waals surface area contributed by atoms with Crippen molar-refractivity contribution in [3.63, 3.8) is 0 Å². The quantitative estimate of drug-likeness (QED) is 0.745. The Balaban J connectivity index is 1.91. The molecule has 0 bridgehead atoms. The van der Waals surface area contributed by atoms with Gasteiger partial charge in [0.15, 0.2) is 0 Å². The van der Waals surface area contributed by atoms with Crippen LogP contribution in [0.4, 0.5) is 0 Å². The first-order chi connectivity index (χ1) is 9.04. The molecule has 0 spiro atoms. The Morgan fingerprint density at radius 2 is 2.32 bits per heavy atom. The lowest BCUT2D eigenvalue weighted by atomic mass is 10.3. The number of aromatic nitrogens is 5. The molecule has 0 aliphatic heterocycles. The molecule has 0 radical (unpaired) electrons. The number of esters is 1. The summed E-state index contributed by atoms with van der Waals surface area (Å²) in [6, 6.07) is 1.40. The summed E-state index contributed by atoms with van der Waals surface area (Å²) in [7, 11) is 1.71. The highest BCUT2D eigenvalue weighted by Crippen LogP contribution is 1.98. The Bertz CT molecular complexity index is 646. The third kappa shape index (κ3) is 3.47. The number of nitrogens with zero attached hydrogens (tertiary/aromatic N) is 4. The van der Waals surface area contributed by atoms with E-state index in [1.54, 1.807) is 20.2 Å². The Morgan fingerprint density at radius 3 is 2.95 bits per heavy atom. The Kier molecular flexibility index (Phi) is 3.69. The lowest BCUT2D eigenvalue weighted by Crippen LogP contribution is -2.17. The van der Waals surface area contributed by atoms with Crippen LogP contribution < -0.4 is 5.43 Å². The van der Waals surface area contributed by atoms with Gasteiger partial charge in [-0.3, -0.25) is 19.4 Å². The lowest BCUT2D eigenvalue weighted by molar-refractivity contribution is -0.144. The predicted octanol–water partition coefficient (Wildman–Crippen LogP) is -0.507. The van der Waals surface area contributed by atoms with Crippen LogP contribution in [0.15, 0.2) is 17.1 Å². The molecule has 8 nitrogen and oxygen atoms in total. The van der Waals surface area contributed by atoms with Crippen molar-refractivity contribution < 1.29 is 9.53 Å². The van der Waals surface area contributed by atoms with Crippen molar-refractivity contribution in [3.8, 4) is 0 Å². The van der Waals surface area contributed by atoms with Gasteiger partial charge in [-0.1, -0.05) is 5.21 Å². The van der Waals surface area contributed by atoms with Crippen molar-refractivity contribution in [2.24, 2.45) is 7.05 Å². The minimum Gasteiger partial charge on any atom is -0.459 e. The van der Waals surface area contributed by atoms with E-state index in [2.05, 4.69) is 20.5 Å². The van der Waals surface area contributed by atoms with Crippen LogP contribution in [0.3, 0.4) is 0 Å². The standard InChI is InChI=1S/C11H13N5O3/c1-7-3-10(17)9(14-12-7)6-19-11(18)4-8-5-16(2)15-13-8/h3,5H,4,6H2,1-2H3,(H,12,17). The van der Waals surface area contributed by atoms with Crippen LogP contribution in [0.5, 0.6) is 0 Å². The zero-order valence-electron chi connectivity index (χ0n) is 10.6. The van der Waals surface area contributed by atoms with E-state index in [4.69, 9.17) is 4.74 Å². The molecule has 0 unspecified atom stereocenters. The molecule has 19 heavy (non-hydrogen) atoms. The number of hydrogen-bond donors (Lipinski definition) is 1. The summed E-state index contributed by atoms with van der Waals surface area (Å²) in [6.45, 7) is 1.56. The molecule has 0 aliphatic carbocycles. The molecule has 2 aromatic heterocycles. The summed E-state index contributed by atoms with van der Waals surface area (Å²) in [5.41, 5.74) is 1.07. The Labute approximate surface area is 108 Å². The monoisotopic (exact) mass is 263 g/mol. The highest BCUT2D eigenvalue weighted by molar-refractivity contribution is 5.71. The van der Waals surface area contributed by atoms with E-state index >= 15 is 0 Å². The first-order valence-electron chi connectivity index (χ1n) is 5.60. The van der Waals surface area contributed by atoms with Crippen LogP contribution >= 0.6 is 0 Å². The van der Waals surface area contributed by atoms with Gasteiger partial charge >= 0.3 is 5.97 Å². The van der Waals surface area contributed by atoms with Crippen molar-refractivity contribution in [3.05, 3.63) is 39.6 Å². The van der Waals surface area contributed by atoms with Gasteiger partial charge in [0.05, 0.1) is 12.1 Å². The maximum atomic E-state index is 11.5. The van der Waals surface area contributed by atoms with Crippen molar-refractivity contribution in [2.45, 2.75) is 20.0 Å². The normalized spacial score (nSPS) is 10.4. The highest BCUT2D eigenvalue weighted by Gasteiger charge is 2.10. The van der Waals surface area contributed by atoms with Crippen molar-refractivity contribution in [2.75, 3.05) is 0 Å². The van der Waals surface area contributed by atoms with Crippen LogP contribution in [0.2, 0.25) is 0 Å². The van der Waals surface area contributed by atoms with Gasteiger partial charge in [0.25, 0.3) is 0 Å². The molecule has 0 saturated heterocycles. The molecule has 100 valence electrons. The fourth-order valence-corrected chi connectivity index (χ4v) is 1.45. The molecular weight excluding hydrogens is 250 g/mol. The summed E-state index contributed by atoms with van der Waals surface area (Å²) >= 11 is 0. The summed E-state index contributed by atoms with van der Waals surface area (Å²) in [5, 5.41) is 13.9. The molecule has 0 amide bonds. The van der Waals surface area contributed by atoms with Crippen LogP contribution in [0.1, 0.15) is 17.1 Å². The molecule has 0 aromatic carbocycles. The van der Waals surface area contributed by atoms with Gasteiger partial charge in [0.1, 0.15) is 12.3 Å². The average molecular weight is 263 g/mol. The number of nitrogens with one attached hydrogen (secondary N) is 1. The van der Waals surface area contributed by atoms with Crippen LogP contribution in [0, 0.1) is 6.92 Å². The van der Waals surface area contributed by atoms with Gasteiger partial charge in [-0.2, -0.15) is 5.10 Å². The number of ether oxygens (including phenoxy) is 1. The van der Waals surface area contributed by atoms with E-state index < -0.39 is 5.97 Å². The second-order valence-electron chi connectivity index (χ2n) is 4.08. The molecule has 2 aromatic rings. The van der Waals surface area contributed by atoms with E-state index in [1.807, 2.05) is 0 Å². The SMILES string of the molecule is Cc1cc(=O)c(COC(=O)Cc2cn(C)nn2)n[nH]1. The largest absolute Gasteiger partial charge is 0.459 e. The number of aryl methyl sites for hydroxylation is 2. The molecular formula is C11H13N5O3. The first-order valence-corrected chi connectivity index (χ1v) is 5.60. The fraction of sp³-hybridized carbons (Fsp3) is 0.364. The number of carbonyl (C=O) groups excluding carboxylic acids is 1. The molecule has 2 rings (SSSR count). The van der Waals surface area contributed by atoms with Crippen molar-refractivity contribution >= 4 is 5.97 Å². The molecule has 0 fully saturated rings. The van der Waals surface area contributed by atoms with E-state index in [-0.39, 0.29) is 24.2 Å². The van der Waals surface area contributed by atoms with Gasteiger partial charge in [-0.15, -0.1) is 5.10 Å². The van der Waals surface area contributed by atoms with Gasteiger partial charge < -0.3 is 4.74 Å². The highest BCUT2D eigenvalue weighted by atomic mass is 16.5. The van der Waals surface area contributed by atoms with Gasteiger partial charge in [0, 0.05) is 25.0 Å². The number of rotatable bonds is 4. The van der Waals surface area contributed by atoms with E-state index in [0.29, 0.717) is 11.4 Å². The van der Waals surface area contributed by atoms with E-state index in [0.717, 1.165) is 0 Å². The summed E-state index contributed by atoms with van der Waals surface area (Å²) in [5.74, 6) is -0.484. The molecule has 2 heterocycles. The maximum Gasteiger partial charge on any atom is 0.312 e. The van der Waals surface area contributed by atoms with Crippen LogP contribution in [-0.4, -0.2) is 31.2 Å². The third-order valence-corrected chi connectivity index (χ3v) is 2.34. The van der Waals surface area contributed by atoms with Gasteiger partial charge in [-0.05, 0) is 6.92 Å². The minimum atomic E-state index is -0.484. The number of carbonyl (C=O) groups is 1. The second-order valence-corrected chi connectivity index (χ2v) is 4.08. The fourth-order valence-electron chi connectivity index (χ4n) is 1.45. The Morgan fingerprint density at radius 1 is 1.53 bits per heavy atom. The smallest absolute Gasteiger partial charge is 0.312 e.